The van der Waals surface area contributed by atoms with Crippen molar-refractivity contribution in [2.75, 3.05) is 25.0 Å². The Labute approximate surface area is 216 Å². The summed E-state index contributed by atoms with van der Waals surface area (Å²) in [7, 11) is 1.45. The van der Waals surface area contributed by atoms with Gasteiger partial charge in [-0.25, -0.2) is 4.79 Å². The SMILES string of the molecule is CN1C(=O)N(c2cccc(C(F)(F)F)c2)C2=C(C(=O)CC2)C1c1ccc(C#N)cc1C(=O)N1CC[C@@H](N)C1. The van der Waals surface area contributed by atoms with Gasteiger partial charge in [-0.15, -0.1) is 0 Å². The van der Waals surface area contributed by atoms with E-state index in [1.807, 2.05) is 6.07 Å². The number of carbonyl (C=O) groups is 3. The number of ketones is 1. The molecule has 196 valence electrons. The largest absolute Gasteiger partial charge is 0.416 e. The fourth-order valence-electron chi connectivity index (χ4n) is 5.43. The fourth-order valence-corrected chi connectivity index (χ4v) is 5.43. The molecule has 1 fully saturated rings. The number of likely N-dealkylation sites (tertiary alicyclic amines) is 1. The van der Waals surface area contributed by atoms with Gasteiger partial charge in [-0.1, -0.05) is 12.1 Å². The maximum absolute atomic E-state index is 13.7. The van der Waals surface area contributed by atoms with Gasteiger partial charge in [-0.05, 0) is 48.7 Å². The lowest BCUT2D eigenvalue weighted by Gasteiger charge is -2.41. The average molecular weight is 524 g/mol. The Hall–Kier alpha value is -4.17. The summed E-state index contributed by atoms with van der Waals surface area (Å²) in [6.07, 6.45) is -3.73. The summed E-state index contributed by atoms with van der Waals surface area (Å²) < 4.78 is 40.2. The standard InChI is InChI=1S/C27H24F3N5O3/c1-33-24(19-6-5-15(13-31)11-20(19)25(37)34-10-9-17(32)14-34)23-21(7-8-22(23)36)35(26(33)38)18-4-2-3-16(12-18)27(28,29)30/h2-6,11-12,17,24H,7-10,14,32H2,1H3/t17-,24?/m1/s1. The number of allylic oxidation sites excluding steroid dienone is 1. The van der Waals surface area contributed by atoms with Crippen LogP contribution < -0.4 is 10.6 Å². The van der Waals surface area contributed by atoms with E-state index in [0.29, 0.717) is 30.8 Å². The van der Waals surface area contributed by atoms with Crippen LogP contribution in [0.1, 0.15) is 52.4 Å². The lowest BCUT2D eigenvalue weighted by Crippen LogP contribution is -2.48. The zero-order valence-electron chi connectivity index (χ0n) is 20.5. The second-order valence-electron chi connectivity index (χ2n) is 9.68. The lowest BCUT2D eigenvalue weighted by molar-refractivity contribution is -0.137. The zero-order chi connectivity index (χ0) is 27.4. The number of rotatable bonds is 3. The third-order valence-corrected chi connectivity index (χ3v) is 7.27. The van der Waals surface area contributed by atoms with Crippen LogP contribution >= 0.6 is 0 Å². The Bertz CT molecular complexity index is 1430. The van der Waals surface area contributed by atoms with E-state index in [1.165, 1.54) is 36.2 Å². The predicted octanol–water partition coefficient (Wildman–Crippen LogP) is 3.98. The maximum Gasteiger partial charge on any atom is 0.416 e. The van der Waals surface area contributed by atoms with Crippen molar-refractivity contribution in [3.63, 3.8) is 0 Å². The number of carbonyl (C=O) groups excluding carboxylic acids is 3. The summed E-state index contributed by atoms with van der Waals surface area (Å²) in [5.41, 5.74) is 6.43. The molecule has 38 heavy (non-hydrogen) atoms. The fraction of sp³-hybridized carbons (Fsp3) is 0.333. The van der Waals surface area contributed by atoms with E-state index in [2.05, 4.69) is 0 Å². The maximum atomic E-state index is 13.7. The van der Waals surface area contributed by atoms with E-state index < -0.39 is 23.8 Å². The molecule has 5 rings (SSSR count). The minimum Gasteiger partial charge on any atom is -0.337 e. The quantitative estimate of drug-likeness (QED) is 0.654. The molecule has 0 spiro atoms. The average Bonchev–Trinajstić information content (AvgIpc) is 3.49. The molecule has 1 aliphatic carbocycles. The predicted molar refractivity (Wildman–Crippen MR) is 131 cm³/mol. The lowest BCUT2D eigenvalue weighted by atomic mass is 9.88. The zero-order valence-corrected chi connectivity index (χ0v) is 20.5. The molecule has 1 unspecified atom stereocenters. The molecule has 2 N–H and O–H groups in total. The molecule has 2 aliphatic heterocycles. The smallest absolute Gasteiger partial charge is 0.337 e. The van der Waals surface area contributed by atoms with Crippen molar-refractivity contribution in [3.05, 3.63) is 76.0 Å². The molecule has 8 nitrogen and oxygen atoms in total. The molecular formula is C27H24F3N5O3. The van der Waals surface area contributed by atoms with E-state index in [0.717, 1.165) is 17.0 Å². The van der Waals surface area contributed by atoms with Crippen LogP contribution in [-0.4, -0.2) is 53.7 Å². The number of benzene rings is 2. The first-order valence-corrected chi connectivity index (χ1v) is 12.1. The van der Waals surface area contributed by atoms with E-state index in [4.69, 9.17) is 5.73 Å². The number of alkyl halides is 3. The minimum absolute atomic E-state index is 0.000456. The Morgan fingerprint density at radius 3 is 2.55 bits per heavy atom. The number of nitriles is 1. The second kappa shape index (κ2) is 9.29. The van der Waals surface area contributed by atoms with Crippen LogP contribution in [0.25, 0.3) is 0 Å². The van der Waals surface area contributed by atoms with Gasteiger partial charge in [0, 0.05) is 49.4 Å². The molecular weight excluding hydrogens is 499 g/mol. The highest BCUT2D eigenvalue weighted by atomic mass is 19.4. The topological polar surface area (TPSA) is 111 Å². The van der Waals surface area contributed by atoms with Crippen LogP contribution in [0.3, 0.4) is 0 Å². The first-order chi connectivity index (χ1) is 18.0. The van der Waals surface area contributed by atoms with Crippen LogP contribution in [0.4, 0.5) is 23.7 Å². The number of nitrogens with zero attached hydrogens (tertiary/aromatic N) is 4. The van der Waals surface area contributed by atoms with E-state index in [-0.39, 0.29) is 53.0 Å². The van der Waals surface area contributed by atoms with Crippen molar-refractivity contribution in [3.8, 4) is 6.07 Å². The minimum atomic E-state index is -4.61. The molecule has 1 saturated heterocycles. The monoisotopic (exact) mass is 523 g/mol. The Kier molecular flexibility index (Phi) is 6.23. The van der Waals surface area contributed by atoms with Gasteiger partial charge >= 0.3 is 12.2 Å². The van der Waals surface area contributed by atoms with Gasteiger partial charge in [0.2, 0.25) is 0 Å². The number of hydrogen-bond donors (Lipinski definition) is 1. The van der Waals surface area contributed by atoms with Gasteiger partial charge in [0.05, 0.1) is 28.9 Å². The van der Waals surface area contributed by atoms with Crippen molar-refractivity contribution in [1.82, 2.24) is 9.80 Å². The number of halogens is 3. The molecule has 0 aromatic heterocycles. The van der Waals surface area contributed by atoms with Crippen LogP contribution in [0.5, 0.6) is 0 Å². The normalized spacial score (nSPS) is 21.7. The highest BCUT2D eigenvalue weighted by molar-refractivity contribution is 6.09. The molecule has 3 aliphatic rings. The van der Waals surface area contributed by atoms with E-state index in [9.17, 15) is 32.8 Å². The third-order valence-electron chi connectivity index (χ3n) is 7.27. The Morgan fingerprint density at radius 2 is 1.89 bits per heavy atom. The second-order valence-corrected chi connectivity index (χ2v) is 9.68. The summed E-state index contributed by atoms with van der Waals surface area (Å²) >= 11 is 0. The first kappa shape index (κ1) is 25.5. The summed E-state index contributed by atoms with van der Waals surface area (Å²) in [6, 6.07) is 9.19. The highest BCUT2D eigenvalue weighted by Crippen LogP contribution is 2.46. The summed E-state index contributed by atoms with van der Waals surface area (Å²) in [6.45, 7) is 0.774. The van der Waals surface area contributed by atoms with Crippen molar-refractivity contribution < 1.29 is 27.6 Å². The molecule has 3 amide bonds. The molecule has 2 aromatic carbocycles. The van der Waals surface area contributed by atoms with Gasteiger partial charge in [-0.2, -0.15) is 18.4 Å². The molecule has 0 radical (unpaired) electrons. The number of nitrogens with two attached hydrogens (primary N) is 1. The third kappa shape index (κ3) is 4.20. The van der Waals surface area contributed by atoms with Crippen molar-refractivity contribution >= 4 is 23.4 Å². The Morgan fingerprint density at radius 1 is 1.13 bits per heavy atom. The van der Waals surface area contributed by atoms with Crippen molar-refractivity contribution in [2.24, 2.45) is 5.73 Å². The number of hydrogen-bond acceptors (Lipinski definition) is 5. The highest BCUT2D eigenvalue weighted by Gasteiger charge is 2.46. The summed E-state index contributed by atoms with van der Waals surface area (Å²) in [5.74, 6) is -0.619. The molecule has 2 heterocycles. The number of amides is 3. The van der Waals surface area contributed by atoms with E-state index >= 15 is 0 Å². The number of anilines is 1. The van der Waals surface area contributed by atoms with Crippen LogP contribution in [0.15, 0.2) is 53.7 Å². The van der Waals surface area contributed by atoms with Crippen LogP contribution in [0, 0.1) is 11.3 Å². The van der Waals surface area contributed by atoms with Gasteiger partial charge in [0.1, 0.15) is 0 Å². The molecule has 11 heteroatoms. The van der Waals surface area contributed by atoms with Crippen molar-refractivity contribution in [2.45, 2.75) is 37.5 Å². The van der Waals surface area contributed by atoms with Gasteiger partial charge in [0.25, 0.3) is 5.91 Å². The van der Waals surface area contributed by atoms with Gasteiger partial charge < -0.3 is 15.5 Å². The molecule has 2 atom stereocenters. The van der Waals surface area contributed by atoms with Crippen molar-refractivity contribution in [1.29, 1.82) is 5.26 Å². The summed E-state index contributed by atoms with van der Waals surface area (Å²) in [5, 5.41) is 9.47. The number of urea groups is 1. The van der Waals surface area contributed by atoms with Crippen LogP contribution in [-0.2, 0) is 11.0 Å². The van der Waals surface area contributed by atoms with Gasteiger partial charge in [0.15, 0.2) is 5.78 Å². The molecule has 2 aromatic rings. The summed E-state index contributed by atoms with van der Waals surface area (Å²) in [4.78, 5) is 44.4. The van der Waals surface area contributed by atoms with Gasteiger partial charge in [-0.3, -0.25) is 14.5 Å². The molecule has 0 bridgehead atoms. The number of Topliss-reactive ketones (excluding diaryl/α,β-unsaturated/α-hetero) is 1. The Balaban J connectivity index is 1.65. The molecule has 0 saturated carbocycles. The van der Waals surface area contributed by atoms with Crippen LogP contribution in [0.2, 0.25) is 0 Å². The van der Waals surface area contributed by atoms with E-state index in [1.54, 1.807) is 11.0 Å². The number of likely N-dealkylation sites (N-methyl/N-ethyl adjacent to an activating group) is 1. The first-order valence-electron chi connectivity index (χ1n) is 12.1.